The minimum atomic E-state index is -1.50. The van der Waals surface area contributed by atoms with Gasteiger partial charge in [-0.25, -0.2) is 4.79 Å². The lowest BCUT2D eigenvalue weighted by atomic mass is 9.78. The third-order valence-electron chi connectivity index (χ3n) is 9.22. The molecule has 6 N–H and O–H groups in total. The van der Waals surface area contributed by atoms with E-state index in [1.165, 1.54) is 7.11 Å². The molecule has 5 atom stereocenters. The molecule has 4 rings (SSSR count). The Morgan fingerprint density at radius 2 is 1.70 bits per heavy atom. The van der Waals surface area contributed by atoms with Gasteiger partial charge in [-0.3, -0.25) is 14.4 Å². The number of carbonyl (C=O) groups is 4. The number of primary amides is 1. The lowest BCUT2D eigenvalue weighted by molar-refractivity contribution is -0.137. The van der Waals surface area contributed by atoms with E-state index in [1.54, 1.807) is 36.4 Å². The number of amides is 4. The number of para-hydroxylation sites is 1. The number of aryl methyl sites for hydroxylation is 1. The smallest absolute Gasteiger partial charge is 0.408 e. The van der Waals surface area contributed by atoms with Crippen LogP contribution in [0.5, 0.6) is 5.75 Å². The van der Waals surface area contributed by atoms with E-state index in [4.69, 9.17) is 38.4 Å². The molecule has 13 heteroatoms. The van der Waals surface area contributed by atoms with Crippen molar-refractivity contribution in [1.29, 1.82) is 0 Å². The van der Waals surface area contributed by atoms with Gasteiger partial charge in [0.25, 0.3) is 0 Å². The molecule has 1 aromatic heterocycles. The molecule has 2 aromatic carbocycles. The minimum Gasteiger partial charge on any atom is -0.496 e. The average Bonchev–Trinajstić information content (AvgIpc) is 3.41. The highest BCUT2D eigenvalue weighted by atomic mass is 35.5. The van der Waals surface area contributed by atoms with Crippen molar-refractivity contribution in [2.75, 3.05) is 7.11 Å². The van der Waals surface area contributed by atoms with Crippen molar-refractivity contribution in [3.63, 3.8) is 0 Å². The minimum absolute atomic E-state index is 0.0738. The van der Waals surface area contributed by atoms with E-state index in [0.29, 0.717) is 46.1 Å². The summed E-state index contributed by atoms with van der Waals surface area (Å²) < 4.78 is 10.8. The fraction of sp³-hybridized carbons (Fsp3) is 0.471. The Morgan fingerprint density at radius 3 is 2.36 bits per heavy atom. The zero-order valence-electron chi connectivity index (χ0n) is 27.3. The van der Waals surface area contributed by atoms with Crippen molar-refractivity contribution in [3.8, 4) is 5.75 Å². The summed E-state index contributed by atoms with van der Waals surface area (Å²) in [6.07, 6.45) is 1.01. The number of methoxy groups -OCH3 is 1. The van der Waals surface area contributed by atoms with E-state index >= 15 is 0 Å². The quantitative estimate of drug-likeness (QED) is 0.166. The molecule has 47 heavy (non-hydrogen) atoms. The molecule has 0 saturated heterocycles. The van der Waals surface area contributed by atoms with Crippen LogP contribution >= 0.6 is 23.2 Å². The van der Waals surface area contributed by atoms with Crippen LogP contribution in [0, 0.1) is 11.8 Å². The van der Waals surface area contributed by atoms with E-state index < -0.39 is 41.4 Å². The number of aromatic amines is 1. The Balaban J connectivity index is 1.65. The second-order valence-corrected chi connectivity index (χ2v) is 13.1. The van der Waals surface area contributed by atoms with Crippen molar-refractivity contribution in [3.05, 3.63) is 63.3 Å². The number of halogens is 2. The average molecular weight is 689 g/mol. The first-order valence-corrected chi connectivity index (χ1v) is 16.6. The molecule has 0 saturated carbocycles. The Kier molecular flexibility index (Phi) is 11.7. The summed E-state index contributed by atoms with van der Waals surface area (Å²) >= 11 is 12.9. The van der Waals surface area contributed by atoms with Gasteiger partial charge in [-0.1, -0.05) is 81.9 Å². The van der Waals surface area contributed by atoms with Gasteiger partial charge in [-0.2, -0.15) is 0 Å². The molecule has 1 heterocycles. The van der Waals surface area contributed by atoms with E-state index in [0.717, 1.165) is 16.6 Å². The van der Waals surface area contributed by atoms with Crippen LogP contribution in [-0.2, 0) is 38.6 Å². The molecule has 0 bridgehead atoms. The van der Waals surface area contributed by atoms with Crippen molar-refractivity contribution in [2.24, 2.45) is 17.6 Å². The van der Waals surface area contributed by atoms with Crippen LogP contribution in [0.1, 0.15) is 63.8 Å². The van der Waals surface area contributed by atoms with Crippen molar-refractivity contribution < 1.29 is 28.7 Å². The fourth-order valence-electron chi connectivity index (χ4n) is 5.99. The topological polar surface area (TPSA) is 165 Å². The molecule has 2 unspecified atom stereocenters. The highest BCUT2D eigenvalue weighted by molar-refractivity contribution is 6.38. The molecule has 1 aliphatic rings. The molecule has 4 amide bonds. The Hall–Kier alpha value is -3.96. The van der Waals surface area contributed by atoms with Gasteiger partial charge >= 0.3 is 6.09 Å². The van der Waals surface area contributed by atoms with Crippen LogP contribution < -0.4 is 26.4 Å². The molecular formula is C34H43Cl2N5O6. The van der Waals surface area contributed by atoms with Gasteiger partial charge in [-0.15, -0.1) is 0 Å². The number of hydrogen-bond acceptors (Lipinski definition) is 6. The summed E-state index contributed by atoms with van der Waals surface area (Å²) in [4.78, 5) is 57.2. The highest BCUT2D eigenvalue weighted by Gasteiger charge is 2.46. The van der Waals surface area contributed by atoms with Crippen LogP contribution in [-0.4, -0.2) is 53.5 Å². The summed E-state index contributed by atoms with van der Waals surface area (Å²) in [6, 6.07) is 8.54. The summed E-state index contributed by atoms with van der Waals surface area (Å²) in [6.45, 7) is 7.36. The van der Waals surface area contributed by atoms with Gasteiger partial charge < -0.3 is 36.1 Å². The van der Waals surface area contributed by atoms with Crippen molar-refractivity contribution >= 4 is 57.9 Å². The predicted octanol–water partition coefficient (Wildman–Crippen LogP) is 5.18. The molecule has 254 valence electrons. The molecular weight excluding hydrogens is 645 g/mol. The maximum atomic E-state index is 14.3. The Bertz CT molecular complexity index is 1640. The van der Waals surface area contributed by atoms with E-state index in [2.05, 4.69) is 20.9 Å². The van der Waals surface area contributed by atoms with Crippen LogP contribution in [0.25, 0.3) is 10.9 Å². The van der Waals surface area contributed by atoms with Crippen LogP contribution in [0.3, 0.4) is 0 Å². The van der Waals surface area contributed by atoms with Crippen LogP contribution in [0.15, 0.2) is 36.4 Å². The molecule has 3 aromatic rings. The summed E-state index contributed by atoms with van der Waals surface area (Å²) in [5, 5.41) is 10.1. The number of ether oxygens (including phenoxy) is 2. The van der Waals surface area contributed by atoms with Gasteiger partial charge in [0.1, 0.15) is 30.0 Å². The predicted molar refractivity (Wildman–Crippen MR) is 181 cm³/mol. The summed E-state index contributed by atoms with van der Waals surface area (Å²) in [5.74, 6) is -1.80. The molecule has 0 aliphatic heterocycles. The lowest BCUT2D eigenvalue weighted by Crippen LogP contribution is -2.67. The normalized spacial score (nSPS) is 18.3. The number of aromatic nitrogens is 1. The maximum Gasteiger partial charge on any atom is 0.408 e. The number of fused-ring (bicyclic) bond motifs is 3. The first-order chi connectivity index (χ1) is 22.3. The highest BCUT2D eigenvalue weighted by Crippen LogP contribution is 2.38. The number of carbonyl (C=O) groups excluding carboxylic acids is 4. The number of H-pyrrole nitrogens is 1. The maximum absolute atomic E-state index is 14.3. The first-order valence-electron chi connectivity index (χ1n) is 15.8. The second kappa shape index (κ2) is 15.3. The zero-order valence-corrected chi connectivity index (χ0v) is 28.8. The van der Waals surface area contributed by atoms with Gasteiger partial charge in [0.15, 0.2) is 0 Å². The number of benzene rings is 2. The van der Waals surface area contributed by atoms with Gasteiger partial charge in [0.2, 0.25) is 17.7 Å². The van der Waals surface area contributed by atoms with E-state index in [1.807, 2.05) is 27.7 Å². The Morgan fingerprint density at radius 1 is 1.02 bits per heavy atom. The van der Waals surface area contributed by atoms with Crippen molar-refractivity contribution in [2.45, 2.75) is 84.0 Å². The Labute approximate surface area is 284 Å². The number of nitrogens with two attached hydrogens (primary N) is 1. The lowest BCUT2D eigenvalue weighted by Gasteiger charge is -2.39. The standard InChI is InChI=1S/C34H43Cl2N5O6/c1-6-18(3)27(30(37)42)39-32(44)34(13-12-25-23(16-34)22-14-21(35)15-24(36)29(22)38-25)41-31(43)28(19(4)7-2)40-33(45)47-17-20-10-8-9-11-26(20)46-5/h8-11,14-15,18-19,27-28,38H,6-7,12-13,16-17H2,1-5H3,(H2,37,42)(H,39,44)(H,40,45)(H,41,43)/t18?,19?,27-,28-,34+/m0/s1. The third-order valence-corrected chi connectivity index (χ3v) is 9.74. The summed E-state index contributed by atoms with van der Waals surface area (Å²) in [5.41, 5.74) is 7.19. The summed E-state index contributed by atoms with van der Waals surface area (Å²) in [7, 11) is 1.52. The van der Waals surface area contributed by atoms with E-state index in [-0.39, 0.29) is 31.3 Å². The number of rotatable bonds is 13. The van der Waals surface area contributed by atoms with Gasteiger partial charge in [-0.05, 0) is 48.4 Å². The van der Waals surface area contributed by atoms with Gasteiger partial charge in [0, 0.05) is 28.1 Å². The van der Waals surface area contributed by atoms with Crippen LogP contribution in [0.4, 0.5) is 4.79 Å². The fourth-order valence-corrected chi connectivity index (χ4v) is 6.53. The zero-order chi connectivity index (χ0) is 34.5. The SMILES string of the molecule is CCC(C)[C@H](NC(=O)[C@@]1(NC(=O)[C@@H](NC(=O)OCc2ccccc2OC)C(C)CC)CCc2[nH]c3c(Cl)cc(Cl)cc3c2C1)C(N)=O. The molecule has 0 radical (unpaired) electrons. The molecule has 0 spiro atoms. The largest absolute Gasteiger partial charge is 0.496 e. The van der Waals surface area contributed by atoms with E-state index in [9.17, 15) is 19.2 Å². The van der Waals surface area contributed by atoms with Crippen molar-refractivity contribution in [1.82, 2.24) is 20.9 Å². The third kappa shape index (κ3) is 7.96. The number of nitrogens with one attached hydrogen (secondary N) is 4. The monoisotopic (exact) mass is 687 g/mol. The second-order valence-electron chi connectivity index (χ2n) is 12.3. The molecule has 11 nitrogen and oxygen atoms in total. The first kappa shape index (κ1) is 35.9. The number of alkyl carbamates (subject to hydrolysis) is 1. The van der Waals surface area contributed by atoms with Crippen LogP contribution in [0.2, 0.25) is 10.0 Å². The molecule has 1 aliphatic carbocycles. The molecule has 0 fully saturated rings. The number of hydrogen-bond donors (Lipinski definition) is 5. The van der Waals surface area contributed by atoms with Gasteiger partial charge in [0.05, 0.1) is 17.6 Å².